The molecule has 1 aliphatic heterocycles. The molecule has 0 spiro atoms. The minimum atomic E-state index is -0.647. The Kier molecular flexibility index (Phi) is 5.27. The summed E-state index contributed by atoms with van der Waals surface area (Å²) >= 11 is 0. The monoisotopic (exact) mass is 446 g/mol. The molecule has 2 bridgehead atoms. The third-order valence-electron chi connectivity index (χ3n) is 7.50. The molecule has 0 aromatic heterocycles. The van der Waals surface area contributed by atoms with Crippen LogP contribution in [0.2, 0.25) is 0 Å². The second-order valence-corrected chi connectivity index (χ2v) is 9.32. The fourth-order valence-electron chi connectivity index (χ4n) is 5.70. The second kappa shape index (κ2) is 8.14. The van der Waals surface area contributed by atoms with Crippen molar-refractivity contribution in [3.63, 3.8) is 0 Å². The minimum absolute atomic E-state index is 0.115. The summed E-state index contributed by atoms with van der Waals surface area (Å²) in [4.78, 5) is 51.8. The predicted molar refractivity (Wildman–Crippen MR) is 122 cm³/mol. The molecule has 5 rings (SSSR count). The fourth-order valence-corrected chi connectivity index (χ4v) is 5.70. The first-order chi connectivity index (χ1) is 15.8. The molecule has 1 N–H and O–H groups in total. The maximum absolute atomic E-state index is 12.9. The summed E-state index contributed by atoms with van der Waals surface area (Å²) in [5.41, 5.74) is 3.41. The predicted octanol–water partition coefficient (Wildman–Crippen LogP) is 3.63. The zero-order chi connectivity index (χ0) is 23.3. The van der Waals surface area contributed by atoms with E-state index in [2.05, 4.69) is 5.32 Å². The molecule has 3 amide bonds. The van der Waals surface area contributed by atoms with Crippen molar-refractivity contribution in [2.75, 3.05) is 16.8 Å². The molecule has 7 heteroatoms. The van der Waals surface area contributed by atoms with E-state index in [0.717, 1.165) is 30.4 Å². The molecule has 4 atom stereocenters. The molecule has 2 aromatic carbocycles. The summed E-state index contributed by atoms with van der Waals surface area (Å²) in [5.74, 6) is -1.02. The van der Waals surface area contributed by atoms with Gasteiger partial charge in [0.2, 0.25) is 11.8 Å². The van der Waals surface area contributed by atoms with Gasteiger partial charge in [0.05, 0.1) is 23.1 Å². The van der Waals surface area contributed by atoms with Gasteiger partial charge in [-0.3, -0.25) is 19.3 Å². The number of carbonyl (C=O) groups excluding carboxylic acids is 4. The molecule has 2 aromatic rings. The highest BCUT2D eigenvalue weighted by molar-refractivity contribution is 6.22. The minimum Gasteiger partial charge on any atom is -0.452 e. The average Bonchev–Trinajstić information content (AvgIpc) is 3.49. The van der Waals surface area contributed by atoms with E-state index in [1.807, 2.05) is 26.0 Å². The molecule has 2 aliphatic carbocycles. The van der Waals surface area contributed by atoms with Gasteiger partial charge in [-0.15, -0.1) is 0 Å². The molecule has 1 saturated heterocycles. The van der Waals surface area contributed by atoms with E-state index in [1.165, 1.54) is 17.0 Å². The highest BCUT2D eigenvalue weighted by Crippen LogP contribution is 2.56. The number of hydrogen-bond acceptors (Lipinski definition) is 5. The van der Waals surface area contributed by atoms with Gasteiger partial charge in [-0.25, -0.2) is 4.79 Å². The normalized spacial score (nSPS) is 25.3. The number of esters is 1. The molecule has 1 heterocycles. The molecule has 0 radical (unpaired) electrons. The third-order valence-corrected chi connectivity index (χ3v) is 7.50. The lowest BCUT2D eigenvalue weighted by molar-refractivity contribution is -0.123. The summed E-state index contributed by atoms with van der Waals surface area (Å²) in [6.45, 7) is 3.45. The number of hydrogen-bond donors (Lipinski definition) is 1. The van der Waals surface area contributed by atoms with E-state index in [9.17, 15) is 19.2 Å². The summed E-state index contributed by atoms with van der Waals surface area (Å²) in [6.07, 6.45) is 3.05. The molecule has 0 unspecified atom stereocenters. The van der Waals surface area contributed by atoms with Crippen LogP contribution in [0.3, 0.4) is 0 Å². The maximum atomic E-state index is 12.9. The van der Waals surface area contributed by atoms with Crippen LogP contribution < -0.4 is 10.2 Å². The van der Waals surface area contributed by atoms with Gasteiger partial charge in [0.15, 0.2) is 6.61 Å². The molecule has 33 heavy (non-hydrogen) atoms. The molecule has 3 fully saturated rings. The van der Waals surface area contributed by atoms with Gasteiger partial charge in [-0.1, -0.05) is 12.1 Å². The number of nitrogens with zero attached hydrogens (tertiary/aromatic N) is 1. The van der Waals surface area contributed by atoms with E-state index >= 15 is 0 Å². The van der Waals surface area contributed by atoms with Gasteiger partial charge in [-0.2, -0.15) is 0 Å². The number of aryl methyl sites for hydroxylation is 1. The number of ether oxygens (including phenoxy) is 1. The van der Waals surface area contributed by atoms with Crippen molar-refractivity contribution < 1.29 is 23.9 Å². The zero-order valence-electron chi connectivity index (χ0n) is 18.7. The van der Waals surface area contributed by atoms with Crippen molar-refractivity contribution in [2.45, 2.75) is 33.1 Å². The Balaban J connectivity index is 1.20. The van der Waals surface area contributed by atoms with Crippen molar-refractivity contribution in [1.29, 1.82) is 0 Å². The van der Waals surface area contributed by atoms with Crippen molar-refractivity contribution in [3.8, 4) is 0 Å². The Bertz CT molecular complexity index is 1130. The number of carbonyl (C=O) groups is 4. The van der Waals surface area contributed by atoms with Crippen LogP contribution in [0.15, 0.2) is 42.5 Å². The van der Waals surface area contributed by atoms with Gasteiger partial charge in [0.25, 0.3) is 5.91 Å². The number of anilines is 2. The van der Waals surface area contributed by atoms with E-state index in [0.29, 0.717) is 23.2 Å². The Morgan fingerprint density at radius 2 is 1.61 bits per heavy atom. The summed E-state index contributed by atoms with van der Waals surface area (Å²) in [7, 11) is 0. The fraction of sp³-hybridized carbons (Fsp3) is 0.385. The second-order valence-electron chi connectivity index (χ2n) is 9.32. The van der Waals surface area contributed by atoms with Gasteiger partial charge >= 0.3 is 5.97 Å². The van der Waals surface area contributed by atoms with Gasteiger partial charge < -0.3 is 10.1 Å². The lowest BCUT2D eigenvalue weighted by Gasteiger charge is -2.19. The highest BCUT2D eigenvalue weighted by Gasteiger charge is 2.61. The quantitative estimate of drug-likeness (QED) is 0.559. The summed E-state index contributed by atoms with van der Waals surface area (Å²) in [6, 6.07) is 11.8. The average molecular weight is 447 g/mol. The molecule has 170 valence electrons. The number of nitrogens with one attached hydrogen (secondary N) is 1. The van der Waals surface area contributed by atoms with E-state index < -0.39 is 18.5 Å². The van der Waals surface area contributed by atoms with E-state index in [4.69, 9.17) is 4.74 Å². The Morgan fingerprint density at radius 3 is 2.24 bits per heavy atom. The van der Waals surface area contributed by atoms with Crippen LogP contribution in [0.1, 0.15) is 40.7 Å². The van der Waals surface area contributed by atoms with Crippen molar-refractivity contribution in [1.82, 2.24) is 0 Å². The van der Waals surface area contributed by atoms with Crippen LogP contribution >= 0.6 is 0 Å². The van der Waals surface area contributed by atoms with Gasteiger partial charge in [0, 0.05) is 5.69 Å². The van der Waals surface area contributed by atoms with Crippen molar-refractivity contribution in [2.24, 2.45) is 23.7 Å². The number of rotatable bonds is 5. The number of benzene rings is 2. The number of fused-ring (bicyclic) bond motifs is 5. The van der Waals surface area contributed by atoms with Crippen LogP contribution in [0.5, 0.6) is 0 Å². The van der Waals surface area contributed by atoms with Crippen LogP contribution in [-0.4, -0.2) is 30.3 Å². The molecule has 7 nitrogen and oxygen atoms in total. The Morgan fingerprint density at radius 1 is 0.970 bits per heavy atom. The summed E-state index contributed by atoms with van der Waals surface area (Å²) < 4.78 is 5.14. The van der Waals surface area contributed by atoms with Crippen LogP contribution in [-0.2, 0) is 19.1 Å². The molecule has 3 aliphatic rings. The van der Waals surface area contributed by atoms with Gasteiger partial charge in [0.1, 0.15) is 0 Å². The van der Waals surface area contributed by atoms with Gasteiger partial charge in [-0.05, 0) is 86.4 Å². The smallest absolute Gasteiger partial charge is 0.338 e. The van der Waals surface area contributed by atoms with Crippen molar-refractivity contribution in [3.05, 3.63) is 59.2 Å². The van der Waals surface area contributed by atoms with Crippen LogP contribution in [0.25, 0.3) is 0 Å². The highest BCUT2D eigenvalue weighted by atomic mass is 16.5. The van der Waals surface area contributed by atoms with Crippen molar-refractivity contribution >= 4 is 35.1 Å². The first kappa shape index (κ1) is 21.4. The Labute approximate surface area is 192 Å². The van der Waals surface area contributed by atoms with E-state index in [-0.39, 0.29) is 29.2 Å². The first-order valence-corrected chi connectivity index (χ1v) is 11.4. The number of imide groups is 1. The standard InChI is InChI=1S/C26H26N2O5/c1-14-4-3-5-20(15(14)2)27-21(29)13-33-26(32)16-8-10-19(11-9-16)28-24(30)22-17-6-7-18(12-17)23(22)25(28)31/h3-5,8-11,17-18,22-23H,6-7,12-13H2,1-2H3,(H,27,29)/t17-,18-,22-,23-/m0/s1. The first-order valence-electron chi connectivity index (χ1n) is 11.4. The van der Waals surface area contributed by atoms with Crippen LogP contribution in [0, 0.1) is 37.5 Å². The van der Waals surface area contributed by atoms with Crippen LogP contribution in [0.4, 0.5) is 11.4 Å². The topological polar surface area (TPSA) is 92.8 Å². The lowest BCUT2D eigenvalue weighted by Crippen LogP contribution is -2.32. The maximum Gasteiger partial charge on any atom is 0.338 e. The lowest BCUT2D eigenvalue weighted by atomic mass is 9.81. The molecular weight excluding hydrogens is 420 g/mol. The Hall–Kier alpha value is -3.48. The summed E-state index contributed by atoms with van der Waals surface area (Å²) in [5, 5.41) is 2.75. The largest absolute Gasteiger partial charge is 0.452 e. The van der Waals surface area contributed by atoms with E-state index in [1.54, 1.807) is 18.2 Å². The number of amides is 3. The SMILES string of the molecule is Cc1cccc(NC(=O)COC(=O)c2ccc(N3C(=O)[C@H]4[C@H]5CC[C@@H](C5)[C@@H]4C3=O)cc2)c1C. The molecule has 2 saturated carbocycles. The zero-order valence-corrected chi connectivity index (χ0v) is 18.7. The third kappa shape index (κ3) is 3.61. The molecular formula is C26H26N2O5.